The first-order valence-electron chi connectivity index (χ1n) is 9.41. The summed E-state index contributed by atoms with van der Waals surface area (Å²) >= 11 is 0. The first-order chi connectivity index (χ1) is 13.8. The topological polar surface area (TPSA) is 84.9 Å². The van der Waals surface area contributed by atoms with Crippen LogP contribution in [0.2, 0.25) is 0 Å². The minimum absolute atomic E-state index is 0.167. The largest absolute Gasteiger partial charge is 0.494 e. The summed E-state index contributed by atoms with van der Waals surface area (Å²) in [5, 5.41) is 2.84. The van der Waals surface area contributed by atoms with Gasteiger partial charge in [0.1, 0.15) is 5.75 Å². The van der Waals surface area contributed by atoms with E-state index in [1.165, 1.54) is 4.31 Å². The van der Waals surface area contributed by atoms with Gasteiger partial charge in [-0.1, -0.05) is 12.1 Å². The fraction of sp³-hybridized carbons (Fsp3) is 0.381. The van der Waals surface area contributed by atoms with Crippen molar-refractivity contribution in [2.75, 3.05) is 36.1 Å². The lowest BCUT2D eigenvalue weighted by Gasteiger charge is -2.22. The molecule has 0 bridgehead atoms. The Morgan fingerprint density at radius 1 is 1.14 bits per heavy atom. The molecule has 1 N–H and O–H groups in total. The van der Waals surface area contributed by atoms with Crippen molar-refractivity contribution in [3.63, 3.8) is 0 Å². The lowest BCUT2D eigenvalue weighted by Crippen LogP contribution is -2.31. The zero-order chi connectivity index (χ0) is 21.3. The molecule has 0 aliphatic heterocycles. The van der Waals surface area contributed by atoms with Crippen molar-refractivity contribution in [3.8, 4) is 5.75 Å². The monoisotopic (exact) mass is 420 g/mol. The molecule has 0 aliphatic carbocycles. The molecule has 2 rings (SSSR count). The molecule has 2 aromatic carbocycles. The predicted molar refractivity (Wildman–Crippen MR) is 115 cm³/mol. The Balaban J connectivity index is 1.94. The van der Waals surface area contributed by atoms with Crippen molar-refractivity contribution >= 4 is 27.3 Å². The van der Waals surface area contributed by atoms with E-state index in [1.54, 1.807) is 37.4 Å². The van der Waals surface area contributed by atoms with Gasteiger partial charge < -0.3 is 14.8 Å². The van der Waals surface area contributed by atoms with Gasteiger partial charge in [0, 0.05) is 25.8 Å². The van der Waals surface area contributed by atoms with Crippen molar-refractivity contribution in [1.29, 1.82) is 0 Å². The molecule has 0 fully saturated rings. The lowest BCUT2D eigenvalue weighted by molar-refractivity contribution is -0.116. The second kappa shape index (κ2) is 10.8. The standard InChI is InChI=1S/C21H28N2O5S/c1-4-28-20-12-10-19(11-13-20)23(29(3,25)26)14-6-9-21(24)22-18-8-5-7-17(15-18)16-27-2/h5,7-8,10-13,15H,4,6,9,14,16H2,1-3H3,(H,22,24). The molecule has 29 heavy (non-hydrogen) atoms. The zero-order valence-electron chi connectivity index (χ0n) is 17.1. The third-order valence-corrected chi connectivity index (χ3v) is 5.32. The Hall–Kier alpha value is -2.58. The second-order valence-electron chi connectivity index (χ2n) is 6.55. The Bertz CT molecular complexity index is 898. The molecule has 2 aromatic rings. The Morgan fingerprint density at radius 3 is 2.48 bits per heavy atom. The molecular weight excluding hydrogens is 392 g/mol. The minimum Gasteiger partial charge on any atom is -0.494 e. The number of carbonyl (C=O) groups excluding carboxylic acids is 1. The number of nitrogens with zero attached hydrogens (tertiary/aromatic N) is 1. The van der Waals surface area contributed by atoms with Crippen LogP contribution in [0.5, 0.6) is 5.75 Å². The van der Waals surface area contributed by atoms with E-state index >= 15 is 0 Å². The predicted octanol–water partition coefficient (Wildman–Crippen LogP) is 3.42. The van der Waals surface area contributed by atoms with E-state index in [0.29, 0.717) is 36.8 Å². The highest BCUT2D eigenvalue weighted by Crippen LogP contribution is 2.22. The molecule has 158 valence electrons. The van der Waals surface area contributed by atoms with Gasteiger partial charge in [0.05, 0.1) is 25.2 Å². The number of methoxy groups -OCH3 is 1. The maximum atomic E-state index is 12.2. The third kappa shape index (κ3) is 7.40. The van der Waals surface area contributed by atoms with E-state index in [1.807, 2.05) is 25.1 Å². The maximum Gasteiger partial charge on any atom is 0.232 e. The normalized spacial score (nSPS) is 11.1. The summed E-state index contributed by atoms with van der Waals surface area (Å²) in [6, 6.07) is 14.3. The molecule has 0 spiro atoms. The average molecular weight is 421 g/mol. The van der Waals surface area contributed by atoms with Crippen LogP contribution in [0.3, 0.4) is 0 Å². The molecule has 0 aromatic heterocycles. The average Bonchev–Trinajstić information content (AvgIpc) is 2.66. The van der Waals surface area contributed by atoms with Crippen LogP contribution in [0.4, 0.5) is 11.4 Å². The number of benzene rings is 2. The summed E-state index contributed by atoms with van der Waals surface area (Å²) in [6.45, 7) is 3.10. The molecule has 0 heterocycles. The van der Waals surface area contributed by atoms with Crippen molar-refractivity contribution in [2.24, 2.45) is 0 Å². The van der Waals surface area contributed by atoms with Gasteiger partial charge in [-0.2, -0.15) is 0 Å². The van der Waals surface area contributed by atoms with E-state index in [0.717, 1.165) is 11.8 Å². The highest BCUT2D eigenvalue weighted by molar-refractivity contribution is 7.92. The Morgan fingerprint density at radius 2 is 1.86 bits per heavy atom. The molecule has 7 nitrogen and oxygen atoms in total. The van der Waals surface area contributed by atoms with Gasteiger partial charge in [0.2, 0.25) is 15.9 Å². The fourth-order valence-electron chi connectivity index (χ4n) is 2.87. The number of ether oxygens (including phenoxy) is 2. The van der Waals surface area contributed by atoms with E-state index in [2.05, 4.69) is 5.32 Å². The van der Waals surface area contributed by atoms with Gasteiger partial charge in [-0.15, -0.1) is 0 Å². The highest BCUT2D eigenvalue weighted by Gasteiger charge is 2.17. The van der Waals surface area contributed by atoms with Crippen molar-refractivity contribution in [2.45, 2.75) is 26.4 Å². The SMILES string of the molecule is CCOc1ccc(N(CCCC(=O)Nc2cccc(COC)c2)S(C)(=O)=O)cc1. The number of hydrogen-bond acceptors (Lipinski definition) is 5. The van der Waals surface area contributed by atoms with Gasteiger partial charge in [0.15, 0.2) is 0 Å². The third-order valence-electron chi connectivity index (χ3n) is 4.12. The van der Waals surface area contributed by atoms with Crippen LogP contribution in [0.15, 0.2) is 48.5 Å². The summed E-state index contributed by atoms with van der Waals surface area (Å²) in [6.07, 6.45) is 1.76. The molecule has 0 saturated carbocycles. The number of hydrogen-bond donors (Lipinski definition) is 1. The quantitative estimate of drug-likeness (QED) is 0.602. The first kappa shape index (κ1) is 22.7. The van der Waals surface area contributed by atoms with Crippen LogP contribution in [-0.4, -0.2) is 40.8 Å². The highest BCUT2D eigenvalue weighted by atomic mass is 32.2. The second-order valence-corrected chi connectivity index (χ2v) is 8.45. The summed E-state index contributed by atoms with van der Waals surface area (Å²) in [4.78, 5) is 12.2. The summed E-state index contributed by atoms with van der Waals surface area (Å²) < 4.78 is 36.2. The lowest BCUT2D eigenvalue weighted by atomic mass is 10.2. The van der Waals surface area contributed by atoms with Crippen LogP contribution < -0.4 is 14.4 Å². The van der Waals surface area contributed by atoms with Gasteiger partial charge in [-0.3, -0.25) is 9.10 Å². The first-order valence-corrected chi connectivity index (χ1v) is 11.3. The summed E-state index contributed by atoms with van der Waals surface area (Å²) in [5.74, 6) is 0.513. The zero-order valence-corrected chi connectivity index (χ0v) is 17.9. The van der Waals surface area contributed by atoms with E-state index < -0.39 is 10.0 Å². The number of rotatable bonds is 11. The summed E-state index contributed by atoms with van der Waals surface area (Å²) in [5.41, 5.74) is 2.20. The number of amides is 1. The van der Waals surface area contributed by atoms with E-state index in [9.17, 15) is 13.2 Å². The fourth-order valence-corrected chi connectivity index (χ4v) is 3.84. The Labute approximate surface area is 172 Å². The molecule has 0 atom stereocenters. The molecule has 8 heteroatoms. The van der Waals surface area contributed by atoms with Crippen molar-refractivity contribution in [3.05, 3.63) is 54.1 Å². The van der Waals surface area contributed by atoms with Crippen molar-refractivity contribution < 1.29 is 22.7 Å². The van der Waals surface area contributed by atoms with Crippen LogP contribution in [0.25, 0.3) is 0 Å². The van der Waals surface area contributed by atoms with Crippen LogP contribution >= 0.6 is 0 Å². The van der Waals surface area contributed by atoms with Crippen LogP contribution in [0, 0.1) is 0 Å². The van der Waals surface area contributed by atoms with Gasteiger partial charge >= 0.3 is 0 Å². The van der Waals surface area contributed by atoms with Gasteiger partial charge in [0.25, 0.3) is 0 Å². The molecule has 0 radical (unpaired) electrons. The van der Waals surface area contributed by atoms with Gasteiger partial charge in [-0.25, -0.2) is 8.42 Å². The molecule has 0 unspecified atom stereocenters. The number of carbonyl (C=O) groups is 1. The van der Waals surface area contributed by atoms with Gasteiger partial charge in [-0.05, 0) is 55.3 Å². The molecular formula is C21H28N2O5S. The molecule has 0 saturated heterocycles. The maximum absolute atomic E-state index is 12.2. The van der Waals surface area contributed by atoms with Crippen LogP contribution in [0.1, 0.15) is 25.3 Å². The van der Waals surface area contributed by atoms with E-state index in [-0.39, 0.29) is 18.9 Å². The number of anilines is 2. The number of nitrogens with one attached hydrogen (secondary N) is 1. The van der Waals surface area contributed by atoms with Crippen molar-refractivity contribution in [1.82, 2.24) is 0 Å². The molecule has 1 amide bonds. The van der Waals surface area contributed by atoms with Crippen LogP contribution in [-0.2, 0) is 26.2 Å². The minimum atomic E-state index is -3.46. The number of sulfonamides is 1. The Kier molecular flexibility index (Phi) is 8.48. The summed E-state index contributed by atoms with van der Waals surface area (Å²) in [7, 11) is -1.85. The molecule has 0 aliphatic rings. The van der Waals surface area contributed by atoms with E-state index in [4.69, 9.17) is 9.47 Å². The smallest absolute Gasteiger partial charge is 0.232 e.